The van der Waals surface area contributed by atoms with Gasteiger partial charge in [0.2, 0.25) is 0 Å². The molecule has 13 rings (SSSR count). The first kappa shape index (κ1) is 37.1. The normalized spacial score (nSPS) is 11.7. The summed E-state index contributed by atoms with van der Waals surface area (Å²) in [7, 11) is 0. The highest BCUT2D eigenvalue weighted by Crippen LogP contribution is 2.44. The van der Waals surface area contributed by atoms with E-state index in [2.05, 4.69) is 243 Å². The molecule has 65 heavy (non-hydrogen) atoms. The van der Waals surface area contributed by atoms with Crippen LogP contribution >= 0.6 is 11.3 Å². The van der Waals surface area contributed by atoms with Crippen LogP contribution in [0.25, 0.3) is 75.3 Å². The molecule has 0 unspecified atom stereocenters. The van der Waals surface area contributed by atoms with Crippen molar-refractivity contribution in [2.24, 2.45) is 0 Å². The number of fused-ring (bicyclic) bond motifs is 9. The maximum Gasteiger partial charge on any atom is 0.139 e. The summed E-state index contributed by atoms with van der Waals surface area (Å²) in [5, 5.41) is 7.03. The van der Waals surface area contributed by atoms with Crippen molar-refractivity contribution in [2.45, 2.75) is 0 Å². The summed E-state index contributed by atoms with van der Waals surface area (Å²) < 4.78 is 5.85. The van der Waals surface area contributed by atoms with Crippen molar-refractivity contribution in [3.8, 4) is 11.4 Å². The van der Waals surface area contributed by atoms with Crippen molar-refractivity contribution in [1.29, 1.82) is 0 Å². The Kier molecular flexibility index (Phi) is 8.60. The standard InChI is InChI=1S/C58H38N6S/c1-5-17-39(18-6-1)61(43-29-31-47-45-25-13-15-27-51(45)63(53(47)35-43)41-21-9-3-10-22-41)56-34-33-49-50-38-59-57(37-55(50)65-58(49)60-56)62(40-19-7-2-8-20-40)44-30-32-48-46-26-14-16-28-52(46)64(54(48)36-44)42-23-11-4-12-24-42/h1-38H. The number of para-hydroxylation sites is 6. The molecule has 7 heteroatoms. The zero-order valence-corrected chi connectivity index (χ0v) is 35.8. The molecule has 0 saturated carbocycles. The van der Waals surface area contributed by atoms with Crippen LogP contribution in [-0.4, -0.2) is 19.1 Å². The van der Waals surface area contributed by atoms with Crippen molar-refractivity contribution < 1.29 is 0 Å². The first-order chi connectivity index (χ1) is 32.2. The summed E-state index contributed by atoms with van der Waals surface area (Å²) >= 11 is 1.70. The van der Waals surface area contributed by atoms with E-state index in [4.69, 9.17) is 9.97 Å². The van der Waals surface area contributed by atoms with Gasteiger partial charge in [0.25, 0.3) is 0 Å². The minimum Gasteiger partial charge on any atom is -0.309 e. The fourth-order valence-corrected chi connectivity index (χ4v) is 10.7. The minimum atomic E-state index is 0.838. The lowest BCUT2D eigenvalue weighted by molar-refractivity contribution is 1.17. The quantitative estimate of drug-likeness (QED) is 0.153. The van der Waals surface area contributed by atoms with Gasteiger partial charge < -0.3 is 9.13 Å². The van der Waals surface area contributed by atoms with Gasteiger partial charge in [-0.2, -0.15) is 0 Å². The molecule has 0 atom stereocenters. The molecule has 0 amide bonds. The molecule has 0 N–H and O–H groups in total. The molecule has 8 aromatic carbocycles. The van der Waals surface area contributed by atoms with Crippen molar-refractivity contribution >= 4 is 110 Å². The third-order valence-electron chi connectivity index (χ3n) is 12.5. The summed E-state index contributed by atoms with van der Waals surface area (Å²) in [6.45, 7) is 0. The highest BCUT2D eigenvalue weighted by molar-refractivity contribution is 7.25. The Balaban J connectivity index is 0.949. The highest BCUT2D eigenvalue weighted by Gasteiger charge is 2.22. The monoisotopic (exact) mass is 850 g/mol. The van der Waals surface area contributed by atoms with Gasteiger partial charge in [0, 0.05) is 77.3 Å². The molecule has 0 saturated heterocycles. The van der Waals surface area contributed by atoms with Gasteiger partial charge in [0.15, 0.2) is 0 Å². The van der Waals surface area contributed by atoms with Crippen LogP contribution in [0.3, 0.4) is 0 Å². The second kappa shape index (κ2) is 15.1. The fraction of sp³-hybridized carbons (Fsp3) is 0. The summed E-state index contributed by atoms with van der Waals surface area (Å²) in [5.41, 5.74) is 11.0. The molecule has 5 aromatic heterocycles. The molecule has 0 spiro atoms. The van der Waals surface area contributed by atoms with Crippen LogP contribution in [0.2, 0.25) is 0 Å². The topological polar surface area (TPSA) is 42.1 Å². The van der Waals surface area contributed by atoms with E-state index in [0.717, 1.165) is 77.1 Å². The molecule has 13 aromatic rings. The number of thiophene rings is 1. The molecule has 0 radical (unpaired) electrons. The molecule has 0 aliphatic heterocycles. The molecular weight excluding hydrogens is 813 g/mol. The summed E-state index contributed by atoms with van der Waals surface area (Å²) in [6.07, 6.45) is 2.02. The number of pyridine rings is 2. The maximum atomic E-state index is 5.45. The van der Waals surface area contributed by atoms with Crippen molar-refractivity contribution in [3.05, 3.63) is 231 Å². The van der Waals surface area contributed by atoms with Crippen LogP contribution in [0.5, 0.6) is 0 Å². The van der Waals surface area contributed by atoms with Crippen molar-refractivity contribution in [2.75, 3.05) is 9.80 Å². The Morgan fingerprint density at radius 1 is 0.338 bits per heavy atom. The van der Waals surface area contributed by atoms with Gasteiger partial charge in [-0.15, -0.1) is 11.3 Å². The van der Waals surface area contributed by atoms with Crippen LogP contribution in [-0.2, 0) is 0 Å². The molecular formula is C58H38N6S. The smallest absolute Gasteiger partial charge is 0.139 e. The van der Waals surface area contributed by atoms with Crippen LogP contribution < -0.4 is 9.80 Å². The van der Waals surface area contributed by atoms with E-state index in [1.807, 2.05) is 6.20 Å². The van der Waals surface area contributed by atoms with Crippen LogP contribution in [0, 0.1) is 0 Å². The summed E-state index contributed by atoms with van der Waals surface area (Å²) in [5.74, 6) is 1.68. The molecule has 306 valence electrons. The molecule has 0 aliphatic rings. The van der Waals surface area contributed by atoms with Gasteiger partial charge in [-0.3, -0.25) is 9.80 Å². The Morgan fingerprint density at radius 3 is 1.32 bits per heavy atom. The predicted octanol–water partition coefficient (Wildman–Crippen LogP) is 16.0. The Morgan fingerprint density at radius 2 is 0.785 bits per heavy atom. The predicted molar refractivity (Wildman–Crippen MR) is 273 cm³/mol. The van der Waals surface area contributed by atoms with Gasteiger partial charge in [0.1, 0.15) is 16.5 Å². The molecule has 5 heterocycles. The summed E-state index contributed by atoms with van der Waals surface area (Å²) in [6, 6.07) is 79.7. The Labute approximate surface area is 378 Å². The average molecular weight is 851 g/mol. The first-order valence-corrected chi connectivity index (χ1v) is 22.6. The lowest BCUT2D eigenvalue weighted by atomic mass is 10.1. The molecule has 0 aliphatic carbocycles. The number of benzene rings is 8. The second-order valence-electron chi connectivity index (χ2n) is 16.3. The van der Waals surface area contributed by atoms with Crippen LogP contribution in [0.1, 0.15) is 0 Å². The number of nitrogens with zero attached hydrogens (tertiary/aromatic N) is 6. The largest absolute Gasteiger partial charge is 0.309 e. The third-order valence-corrected chi connectivity index (χ3v) is 13.6. The van der Waals surface area contributed by atoms with E-state index >= 15 is 0 Å². The van der Waals surface area contributed by atoms with E-state index in [0.29, 0.717) is 0 Å². The van der Waals surface area contributed by atoms with Gasteiger partial charge in [-0.1, -0.05) is 121 Å². The number of hydrogen-bond acceptors (Lipinski definition) is 5. The second-order valence-corrected chi connectivity index (χ2v) is 17.3. The zero-order valence-electron chi connectivity index (χ0n) is 35.0. The molecule has 0 bridgehead atoms. The lowest BCUT2D eigenvalue weighted by Crippen LogP contribution is -2.11. The first-order valence-electron chi connectivity index (χ1n) is 21.8. The Bertz CT molecular complexity index is 3640. The van der Waals surface area contributed by atoms with Gasteiger partial charge in [-0.05, 0) is 103 Å². The van der Waals surface area contributed by atoms with Crippen LogP contribution in [0.4, 0.5) is 34.4 Å². The average Bonchev–Trinajstić information content (AvgIpc) is 4.02. The summed E-state index contributed by atoms with van der Waals surface area (Å²) in [4.78, 5) is 16.1. The number of anilines is 6. The van der Waals surface area contributed by atoms with E-state index in [1.54, 1.807) is 11.3 Å². The van der Waals surface area contributed by atoms with E-state index in [1.165, 1.54) is 32.6 Å². The highest BCUT2D eigenvalue weighted by atomic mass is 32.1. The number of hydrogen-bond donors (Lipinski definition) is 0. The van der Waals surface area contributed by atoms with Gasteiger partial charge >= 0.3 is 0 Å². The molecule has 6 nitrogen and oxygen atoms in total. The van der Waals surface area contributed by atoms with Gasteiger partial charge in [0.05, 0.1) is 22.1 Å². The minimum absolute atomic E-state index is 0.838. The zero-order chi connectivity index (χ0) is 42.8. The van der Waals surface area contributed by atoms with Gasteiger partial charge in [-0.25, -0.2) is 9.97 Å². The number of aromatic nitrogens is 4. The lowest BCUT2D eigenvalue weighted by Gasteiger charge is -2.24. The molecule has 0 fully saturated rings. The maximum absolute atomic E-state index is 5.45. The third kappa shape index (κ3) is 6.09. The number of rotatable bonds is 8. The SMILES string of the molecule is c1ccc(N(c2ccc3c4ccccc4n(-c4ccccc4)c3c2)c2cc3sc4nc(N(c5ccccc5)c5ccc6c7ccccc7n(-c7ccccc7)c6c5)ccc4c3cn2)cc1. The van der Waals surface area contributed by atoms with E-state index in [9.17, 15) is 0 Å². The Hall–Kier alpha value is -8.52. The van der Waals surface area contributed by atoms with Crippen molar-refractivity contribution in [3.63, 3.8) is 0 Å². The van der Waals surface area contributed by atoms with Crippen LogP contribution in [0.15, 0.2) is 231 Å². The fourth-order valence-electron chi connectivity index (χ4n) is 9.67. The van der Waals surface area contributed by atoms with Crippen molar-refractivity contribution in [1.82, 2.24) is 19.1 Å². The van der Waals surface area contributed by atoms with E-state index in [-0.39, 0.29) is 0 Å². The van der Waals surface area contributed by atoms with E-state index < -0.39 is 0 Å².